The Hall–Kier alpha value is -3.13. The Kier molecular flexibility index (Phi) is 3.64. The molecular formula is C32H32N2. The summed E-state index contributed by atoms with van der Waals surface area (Å²) >= 11 is 0. The van der Waals surface area contributed by atoms with Crippen molar-refractivity contribution in [1.29, 1.82) is 0 Å². The summed E-state index contributed by atoms with van der Waals surface area (Å²) in [6.45, 7) is 14.5. The minimum absolute atomic E-state index is 0.0263. The van der Waals surface area contributed by atoms with Gasteiger partial charge in [-0.2, -0.15) is 0 Å². The number of hydrogen-bond donors (Lipinski definition) is 0. The van der Waals surface area contributed by atoms with Gasteiger partial charge in [0.1, 0.15) is 5.65 Å². The highest BCUT2D eigenvalue weighted by Crippen LogP contribution is 2.58. The molecule has 3 aromatic carbocycles. The summed E-state index contributed by atoms with van der Waals surface area (Å²) in [4.78, 5) is 5.53. The molecule has 5 aromatic rings. The quantitative estimate of drug-likeness (QED) is 0.220. The molecule has 0 fully saturated rings. The summed E-state index contributed by atoms with van der Waals surface area (Å²) in [6, 6.07) is 22.6. The fraction of sp³-hybridized carbons (Fsp3) is 0.344. The van der Waals surface area contributed by atoms with Crippen LogP contribution in [-0.4, -0.2) is 9.38 Å². The van der Waals surface area contributed by atoms with E-state index in [2.05, 4.69) is 107 Å². The Morgan fingerprint density at radius 2 is 1.47 bits per heavy atom. The number of fused-ring (bicyclic) bond motifs is 5. The van der Waals surface area contributed by atoms with Crippen molar-refractivity contribution in [2.45, 2.75) is 70.6 Å². The molecule has 170 valence electrons. The molecule has 0 bridgehead atoms. The van der Waals surface area contributed by atoms with Gasteiger partial charge in [0.2, 0.25) is 0 Å². The summed E-state index contributed by atoms with van der Waals surface area (Å²) in [5.74, 6) is 0. The first-order chi connectivity index (χ1) is 16.2. The second kappa shape index (κ2) is 6.10. The van der Waals surface area contributed by atoms with Gasteiger partial charge in [-0.1, -0.05) is 95.3 Å². The Labute approximate surface area is 201 Å². The standard InChI is InChI=1S/C32H32N2/c1-19-15-16-24-27-25(19)20-11-7-8-12-21(20)29-33-26-22-13-9-10-14-23(22)30(2,3)17-18-32(6,31(24,4)5)28(26)34(27)29/h7-16H,17-18H2,1-6H3. The van der Waals surface area contributed by atoms with E-state index in [-0.39, 0.29) is 16.2 Å². The van der Waals surface area contributed by atoms with Crippen LogP contribution >= 0.6 is 0 Å². The molecule has 7 rings (SSSR count). The zero-order valence-corrected chi connectivity index (χ0v) is 21.1. The lowest BCUT2D eigenvalue weighted by Crippen LogP contribution is -2.48. The molecule has 1 unspecified atom stereocenters. The average Bonchev–Trinajstić information content (AvgIpc) is 3.23. The molecule has 0 radical (unpaired) electrons. The first-order valence-electron chi connectivity index (χ1n) is 12.6. The third-order valence-corrected chi connectivity index (χ3v) is 9.66. The maximum Gasteiger partial charge on any atom is 0.146 e. The number of nitrogens with zero attached hydrogens (tertiary/aromatic N) is 2. The van der Waals surface area contributed by atoms with Crippen molar-refractivity contribution < 1.29 is 0 Å². The molecule has 1 aliphatic carbocycles. The highest BCUT2D eigenvalue weighted by atomic mass is 15.1. The normalized spacial score (nSPS) is 22.2. The van der Waals surface area contributed by atoms with Crippen LogP contribution in [0.3, 0.4) is 0 Å². The van der Waals surface area contributed by atoms with Gasteiger partial charge in [0, 0.05) is 27.2 Å². The summed E-state index contributed by atoms with van der Waals surface area (Å²) in [5.41, 5.74) is 10.6. The van der Waals surface area contributed by atoms with E-state index in [1.165, 1.54) is 55.3 Å². The Morgan fingerprint density at radius 3 is 2.26 bits per heavy atom. The van der Waals surface area contributed by atoms with Crippen LogP contribution in [0.5, 0.6) is 0 Å². The second-order valence-electron chi connectivity index (χ2n) is 12.1. The molecule has 1 atom stereocenters. The summed E-state index contributed by atoms with van der Waals surface area (Å²) in [7, 11) is 0. The van der Waals surface area contributed by atoms with Gasteiger partial charge in [0.15, 0.2) is 0 Å². The summed E-state index contributed by atoms with van der Waals surface area (Å²) < 4.78 is 2.57. The number of benzene rings is 3. The zero-order valence-electron chi connectivity index (χ0n) is 21.1. The fourth-order valence-electron chi connectivity index (χ4n) is 7.18. The molecule has 0 spiro atoms. The lowest BCUT2D eigenvalue weighted by atomic mass is 9.55. The molecule has 34 heavy (non-hydrogen) atoms. The molecule has 0 saturated carbocycles. The first-order valence-corrected chi connectivity index (χ1v) is 12.6. The minimum atomic E-state index is -0.0375. The third kappa shape index (κ3) is 2.16. The molecule has 2 aromatic heterocycles. The van der Waals surface area contributed by atoms with Gasteiger partial charge >= 0.3 is 0 Å². The Bertz CT molecular complexity index is 1680. The van der Waals surface area contributed by atoms with Crippen molar-refractivity contribution in [3.63, 3.8) is 0 Å². The fourth-order valence-corrected chi connectivity index (χ4v) is 7.18. The third-order valence-electron chi connectivity index (χ3n) is 9.66. The summed E-state index contributed by atoms with van der Waals surface area (Å²) in [5, 5.41) is 3.95. The van der Waals surface area contributed by atoms with E-state index in [4.69, 9.17) is 4.98 Å². The molecule has 3 heterocycles. The van der Waals surface area contributed by atoms with Gasteiger partial charge in [-0.15, -0.1) is 0 Å². The van der Waals surface area contributed by atoms with Crippen molar-refractivity contribution in [3.8, 4) is 11.3 Å². The van der Waals surface area contributed by atoms with Crippen molar-refractivity contribution in [3.05, 3.63) is 83.0 Å². The maximum absolute atomic E-state index is 5.53. The predicted octanol–water partition coefficient (Wildman–Crippen LogP) is 8.24. The van der Waals surface area contributed by atoms with Crippen LogP contribution < -0.4 is 0 Å². The number of aromatic nitrogens is 2. The van der Waals surface area contributed by atoms with Gasteiger partial charge in [-0.25, -0.2) is 4.98 Å². The molecule has 0 saturated heterocycles. The number of aryl methyl sites for hydroxylation is 1. The zero-order chi connectivity index (χ0) is 23.6. The number of rotatable bonds is 0. The first kappa shape index (κ1) is 20.3. The smallest absolute Gasteiger partial charge is 0.146 e. The SMILES string of the molecule is Cc1ccc2c3c1c1ccccc1c1nc4c(n13)C(C)(CCC(C)(C)c1ccccc1-4)C2(C)C. The largest absolute Gasteiger partial charge is 0.295 e. The van der Waals surface area contributed by atoms with Gasteiger partial charge < -0.3 is 0 Å². The van der Waals surface area contributed by atoms with Crippen LogP contribution in [0.25, 0.3) is 38.6 Å². The van der Waals surface area contributed by atoms with Crippen molar-refractivity contribution in [2.24, 2.45) is 0 Å². The summed E-state index contributed by atoms with van der Waals surface area (Å²) in [6.07, 6.45) is 2.28. The van der Waals surface area contributed by atoms with Crippen LogP contribution in [0.1, 0.15) is 69.8 Å². The van der Waals surface area contributed by atoms with E-state index in [1.54, 1.807) is 0 Å². The number of pyridine rings is 1. The van der Waals surface area contributed by atoms with Gasteiger partial charge in [0.05, 0.1) is 16.9 Å². The minimum Gasteiger partial charge on any atom is -0.295 e. The highest BCUT2D eigenvalue weighted by Gasteiger charge is 2.52. The van der Waals surface area contributed by atoms with Crippen LogP contribution in [0.2, 0.25) is 0 Å². The predicted molar refractivity (Wildman–Crippen MR) is 143 cm³/mol. The van der Waals surface area contributed by atoms with Gasteiger partial charge in [-0.3, -0.25) is 4.40 Å². The number of hydrogen-bond acceptors (Lipinski definition) is 1. The maximum atomic E-state index is 5.53. The van der Waals surface area contributed by atoms with Crippen molar-refractivity contribution in [1.82, 2.24) is 9.38 Å². The van der Waals surface area contributed by atoms with Gasteiger partial charge in [-0.05, 0) is 47.3 Å². The van der Waals surface area contributed by atoms with Crippen molar-refractivity contribution >= 4 is 27.3 Å². The topological polar surface area (TPSA) is 17.3 Å². The van der Waals surface area contributed by atoms with Crippen LogP contribution in [0.4, 0.5) is 0 Å². The van der Waals surface area contributed by atoms with Crippen LogP contribution in [-0.2, 0) is 16.2 Å². The van der Waals surface area contributed by atoms with Crippen molar-refractivity contribution in [2.75, 3.05) is 0 Å². The van der Waals surface area contributed by atoms with E-state index >= 15 is 0 Å². The van der Waals surface area contributed by atoms with E-state index in [1.807, 2.05) is 0 Å². The monoisotopic (exact) mass is 444 g/mol. The number of imidazole rings is 1. The van der Waals surface area contributed by atoms with E-state index < -0.39 is 0 Å². The van der Waals surface area contributed by atoms with Gasteiger partial charge in [0.25, 0.3) is 0 Å². The lowest BCUT2D eigenvalue weighted by molar-refractivity contribution is 0.220. The molecule has 2 aliphatic rings. The highest BCUT2D eigenvalue weighted by molar-refractivity contribution is 6.15. The molecule has 0 amide bonds. The molecule has 0 N–H and O–H groups in total. The van der Waals surface area contributed by atoms with Crippen LogP contribution in [0.15, 0.2) is 60.7 Å². The molecule has 2 heteroatoms. The average molecular weight is 445 g/mol. The molecule has 1 aliphatic heterocycles. The van der Waals surface area contributed by atoms with E-state index in [0.717, 1.165) is 18.5 Å². The van der Waals surface area contributed by atoms with E-state index in [0.29, 0.717) is 0 Å². The lowest BCUT2D eigenvalue weighted by Gasteiger charge is -2.50. The Morgan fingerprint density at radius 1 is 0.765 bits per heavy atom. The second-order valence-corrected chi connectivity index (χ2v) is 12.1. The van der Waals surface area contributed by atoms with Crippen LogP contribution in [0, 0.1) is 6.92 Å². The van der Waals surface area contributed by atoms with E-state index in [9.17, 15) is 0 Å². The molecular weight excluding hydrogens is 412 g/mol. The molecule has 2 nitrogen and oxygen atoms in total. The Balaban J connectivity index is 1.83.